The molecular formula is C21H28N2O3S2. The van der Waals surface area contributed by atoms with Gasteiger partial charge < -0.3 is 4.90 Å². The van der Waals surface area contributed by atoms with Crippen LogP contribution in [0.2, 0.25) is 0 Å². The van der Waals surface area contributed by atoms with E-state index < -0.39 is 16.1 Å². The lowest BCUT2D eigenvalue weighted by Crippen LogP contribution is -2.47. The lowest BCUT2D eigenvalue weighted by atomic mass is 10.1. The van der Waals surface area contributed by atoms with Crippen LogP contribution in [-0.4, -0.2) is 44.3 Å². The first-order chi connectivity index (χ1) is 13.2. The number of rotatable bonds is 9. The summed E-state index contributed by atoms with van der Waals surface area (Å²) in [6.07, 6.45) is 2.37. The molecule has 2 aromatic carbocycles. The van der Waals surface area contributed by atoms with Crippen LogP contribution in [0, 0.1) is 13.8 Å². The van der Waals surface area contributed by atoms with Crippen molar-refractivity contribution in [3.8, 4) is 0 Å². The third-order valence-electron chi connectivity index (χ3n) is 4.45. The second kappa shape index (κ2) is 10.1. The van der Waals surface area contributed by atoms with Crippen molar-refractivity contribution in [2.75, 3.05) is 19.1 Å². The molecule has 0 aliphatic rings. The molecule has 0 aromatic heterocycles. The summed E-state index contributed by atoms with van der Waals surface area (Å²) in [6, 6.07) is 13.8. The summed E-state index contributed by atoms with van der Waals surface area (Å²) in [5, 5.41) is 0. The minimum Gasteiger partial charge on any atom is -0.340 e. The molecule has 7 heteroatoms. The van der Waals surface area contributed by atoms with E-state index in [2.05, 4.69) is 4.72 Å². The van der Waals surface area contributed by atoms with Gasteiger partial charge in [0, 0.05) is 13.6 Å². The van der Waals surface area contributed by atoms with E-state index in [9.17, 15) is 13.2 Å². The zero-order chi connectivity index (χ0) is 20.7. The van der Waals surface area contributed by atoms with Gasteiger partial charge >= 0.3 is 0 Å². The molecule has 0 aliphatic carbocycles. The monoisotopic (exact) mass is 420 g/mol. The number of likely N-dealkylation sites (N-methyl/N-ethyl adjacent to an activating group) is 1. The Morgan fingerprint density at radius 1 is 1.04 bits per heavy atom. The molecule has 0 bridgehead atoms. The highest BCUT2D eigenvalue weighted by Gasteiger charge is 2.27. The van der Waals surface area contributed by atoms with Crippen LogP contribution in [0.15, 0.2) is 53.4 Å². The van der Waals surface area contributed by atoms with E-state index >= 15 is 0 Å². The fraction of sp³-hybridized carbons (Fsp3) is 0.381. The highest BCUT2D eigenvalue weighted by Crippen LogP contribution is 2.14. The predicted molar refractivity (Wildman–Crippen MR) is 116 cm³/mol. The molecule has 28 heavy (non-hydrogen) atoms. The Balaban J connectivity index is 2.15. The SMILES string of the molecule is CSCCC(NS(=O)(=O)c1ccc(C)cc1)C(=O)N(C)Cc1ccc(C)cc1. The highest BCUT2D eigenvalue weighted by atomic mass is 32.2. The van der Waals surface area contributed by atoms with Crippen molar-refractivity contribution in [1.82, 2.24) is 9.62 Å². The highest BCUT2D eigenvalue weighted by molar-refractivity contribution is 7.98. The Kier molecular flexibility index (Phi) is 8.10. The van der Waals surface area contributed by atoms with Crippen LogP contribution in [-0.2, 0) is 21.4 Å². The van der Waals surface area contributed by atoms with Gasteiger partial charge in [0.15, 0.2) is 0 Å². The van der Waals surface area contributed by atoms with Gasteiger partial charge in [-0.2, -0.15) is 16.5 Å². The van der Waals surface area contributed by atoms with E-state index in [4.69, 9.17) is 0 Å². The molecule has 0 aliphatic heterocycles. The quantitative estimate of drug-likeness (QED) is 0.675. The van der Waals surface area contributed by atoms with E-state index in [0.717, 1.165) is 16.7 Å². The molecule has 0 heterocycles. The Morgan fingerprint density at radius 2 is 1.57 bits per heavy atom. The van der Waals surface area contributed by atoms with Crippen LogP contribution in [0.1, 0.15) is 23.1 Å². The predicted octanol–water partition coefficient (Wildman–Crippen LogP) is 3.36. The molecule has 0 spiro atoms. The Hall–Kier alpha value is -1.83. The average Bonchev–Trinajstić information content (AvgIpc) is 2.66. The summed E-state index contributed by atoms with van der Waals surface area (Å²) in [5.41, 5.74) is 3.14. The van der Waals surface area contributed by atoms with Crippen molar-refractivity contribution >= 4 is 27.7 Å². The fourth-order valence-corrected chi connectivity index (χ4v) is 4.45. The van der Waals surface area contributed by atoms with Crippen molar-refractivity contribution in [3.05, 3.63) is 65.2 Å². The second-order valence-corrected chi connectivity index (χ2v) is 9.65. The molecule has 2 rings (SSSR count). The molecule has 0 saturated carbocycles. The van der Waals surface area contributed by atoms with Crippen LogP contribution in [0.4, 0.5) is 0 Å². The Bertz CT molecular complexity index is 879. The molecule has 1 N–H and O–H groups in total. The van der Waals surface area contributed by atoms with Crippen molar-refractivity contribution in [2.45, 2.75) is 37.8 Å². The number of nitrogens with one attached hydrogen (secondary N) is 1. The van der Waals surface area contributed by atoms with Gasteiger partial charge in [-0.3, -0.25) is 4.79 Å². The maximum Gasteiger partial charge on any atom is 0.241 e. The van der Waals surface area contributed by atoms with Gasteiger partial charge in [-0.1, -0.05) is 47.5 Å². The van der Waals surface area contributed by atoms with Gasteiger partial charge in [0.25, 0.3) is 0 Å². The molecule has 0 radical (unpaired) electrons. The minimum atomic E-state index is -3.77. The summed E-state index contributed by atoms with van der Waals surface area (Å²) in [7, 11) is -2.07. The normalized spacial score (nSPS) is 12.6. The molecule has 0 saturated heterocycles. The minimum absolute atomic E-state index is 0.168. The van der Waals surface area contributed by atoms with Crippen LogP contribution in [0.5, 0.6) is 0 Å². The number of nitrogens with zero attached hydrogens (tertiary/aromatic N) is 1. The number of carbonyl (C=O) groups excluding carboxylic acids is 1. The van der Waals surface area contributed by atoms with Crippen LogP contribution in [0.25, 0.3) is 0 Å². The topological polar surface area (TPSA) is 66.5 Å². The Labute approximate surface area is 172 Å². The van der Waals surface area contributed by atoms with Crippen LogP contribution < -0.4 is 4.72 Å². The van der Waals surface area contributed by atoms with Crippen molar-refractivity contribution in [3.63, 3.8) is 0 Å². The number of benzene rings is 2. The smallest absolute Gasteiger partial charge is 0.241 e. The van der Waals surface area contributed by atoms with E-state index in [1.807, 2.05) is 44.4 Å². The molecule has 2 aromatic rings. The number of carbonyl (C=O) groups is 1. The fourth-order valence-electron chi connectivity index (χ4n) is 2.75. The first-order valence-corrected chi connectivity index (χ1v) is 12.0. The third kappa shape index (κ3) is 6.36. The van der Waals surface area contributed by atoms with Gasteiger partial charge in [0.2, 0.25) is 15.9 Å². The van der Waals surface area contributed by atoms with E-state index in [-0.39, 0.29) is 10.8 Å². The molecule has 152 valence electrons. The number of hydrogen-bond donors (Lipinski definition) is 1. The van der Waals surface area contributed by atoms with Gasteiger partial charge in [0.1, 0.15) is 6.04 Å². The maximum absolute atomic E-state index is 13.0. The van der Waals surface area contributed by atoms with E-state index in [0.29, 0.717) is 18.7 Å². The first kappa shape index (κ1) is 22.5. The van der Waals surface area contributed by atoms with Crippen molar-refractivity contribution in [1.29, 1.82) is 0 Å². The number of sulfonamides is 1. The number of hydrogen-bond acceptors (Lipinski definition) is 4. The van der Waals surface area contributed by atoms with Crippen LogP contribution >= 0.6 is 11.8 Å². The van der Waals surface area contributed by atoms with Gasteiger partial charge in [-0.05, 0) is 50.0 Å². The second-order valence-electron chi connectivity index (χ2n) is 6.95. The molecule has 1 atom stereocenters. The zero-order valence-electron chi connectivity index (χ0n) is 16.8. The first-order valence-electron chi connectivity index (χ1n) is 9.11. The van der Waals surface area contributed by atoms with E-state index in [1.165, 1.54) is 0 Å². The maximum atomic E-state index is 13.0. The van der Waals surface area contributed by atoms with Gasteiger partial charge in [-0.25, -0.2) is 8.42 Å². The summed E-state index contributed by atoms with van der Waals surface area (Å²) in [6.45, 7) is 4.34. The van der Waals surface area contributed by atoms with Crippen molar-refractivity contribution < 1.29 is 13.2 Å². The molecule has 5 nitrogen and oxygen atoms in total. The third-order valence-corrected chi connectivity index (χ3v) is 6.59. The van der Waals surface area contributed by atoms with Crippen LogP contribution in [0.3, 0.4) is 0 Å². The standard InChI is InChI=1S/C21H28N2O3S2/c1-16-5-9-18(10-6-16)15-23(3)21(24)20(13-14-27-4)22-28(25,26)19-11-7-17(2)8-12-19/h5-12,20,22H,13-15H2,1-4H3. The van der Waals surface area contributed by atoms with E-state index in [1.54, 1.807) is 48.0 Å². The molecule has 1 amide bonds. The summed E-state index contributed by atoms with van der Waals surface area (Å²) >= 11 is 1.58. The summed E-state index contributed by atoms with van der Waals surface area (Å²) in [4.78, 5) is 14.7. The number of thioether (sulfide) groups is 1. The van der Waals surface area contributed by atoms with Gasteiger partial charge in [-0.15, -0.1) is 0 Å². The van der Waals surface area contributed by atoms with Crippen molar-refractivity contribution in [2.24, 2.45) is 0 Å². The Morgan fingerprint density at radius 3 is 2.11 bits per heavy atom. The number of amides is 1. The average molecular weight is 421 g/mol. The lowest BCUT2D eigenvalue weighted by molar-refractivity contribution is -0.132. The molecule has 1 unspecified atom stereocenters. The molecular weight excluding hydrogens is 392 g/mol. The summed E-state index contributed by atoms with van der Waals surface area (Å²) < 4.78 is 28.1. The van der Waals surface area contributed by atoms with Gasteiger partial charge in [0.05, 0.1) is 4.90 Å². The molecule has 0 fully saturated rings. The summed E-state index contributed by atoms with van der Waals surface area (Å²) in [5.74, 6) is 0.455. The zero-order valence-corrected chi connectivity index (χ0v) is 18.4. The largest absolute Gasteiger partial charge is 0.340 e. The number of aryl methyl sites for hydroxylation is 2. The lowest BCUT2D eigenvalue weighted by Gasteiger charge is -2.24.